The molecule has 0 fully saturated rings. The third-order valence-electron chi connectivity index (χ3n) is 2.21. The molecule has 0 aliphatic rings. The molecule has 2 N–H and O–H groups in total. The zero-order valence-electron chi connectivity index (χ0n) is 8.76. The highest BCUT2D eigenvalue weighted by Gasteiger charge is 2.11. The Kier molecular flexibility index (Phi) is 2.68. The second kappa shape index (κ2) is 4.14. The molecule has 0 saturated heterocycles. The van der Waals surface area contributed by atoms with E-state index in [4.69, 9.17) is 5.73 Å². The third-order valence-corrected chi connectivity index (χ3v) is 2.21. The van der Waals surface area contributed by atoms with Gasteiger partial charge in [-0.25, -0.2) is 9.37 Å². The normalized spacial score (nSPS) is 10.1. The van der Waals surface area contributed by atoms with E-state index in [2.05, 4.69) is 9.97 Å². The Hall–Kier alpha value is -2.17. The number of rotatable bonds is 2. The molecule has 0 unspecified atom stereocenters. The number of halogens is 1. The first-order valence-electron chi connectivity index (χ1n) is 4.75. The number of nitrogens with zero attached hydrogens (tertiary/aromatic N) is 3. The van der Waals surface area contributed by atoms with Gasteiger partial charge < -0.3 is 10.6 Å². The lowest BCUT2D eigenvalue weighted by atomic mass is 10.3. The smallest absolute Gasteiger partial charge is 0.222 e. The van der Waals surface area contributed by atoms with E-state index < -0.39 is 5.82 Å². The van der Waals surface area contributed by atoms with Crippen molar-refractivity contribution in [3.8, 4) is 0 Å². The number of nitrogens with two attached hydrogens (primary N) is 1. The minimum absolute atomic E-state index is 0.0548. The standard InChI is InChI=1S/C11H11FN4/c1-16(8-5-3-2-4-6-8)10-9(12)7-14-11(13)15-10/h2-7H,1H3,(H2,13,14,15). The van der Waals surface area contributed by atoms with Crippen molar-refractivity contribution in [3.05, 3.63) is 42.3 Å². The highest BCUT2D eigenvalue weighted by Crippen LogP contribution is 2.23. The molecule has 2 rings (SSSR count). The molecule has 0 saturated carbocycles. The lowest BCUT2D eigenvalue weighted by molar-refractivity contribution is 0.614. The highest BCUT2D eigenvalue weighted by atomic mass is 19.1. The summed E-state index contributed by atoms with van der Waals surface area (Å²) in [6, 6.07) is 9.35. The lowest BCUT2D eigenvalue weighted by Gasteiger charge is -2.18. The second-order valence-corrected chi connectivity index (χ2v) is 3.29. The Labute approximate surface area is 92.6 Å². The summed E-state index contributed by atoms with van der Waals surface area (Å²) in [7, 11) is 1.72. The Bertz CT molecular complexity index is 487. The molecule has 0 radical (unpaired) electrons. The molecule has 1 heterocycles. The van der Waals surface area contributed by atoms with Gasteiger partial charge in [-0.15, -0.1) is 0 Å². The van der Waals surface area contributed by atoms with Crippen LogP contribution in [0.2, 0.25) is 0 Å². The first kappa shape index (κ1) is 10.4. The molecule has 1 aromatic carbocycles. The maximum absolute atomic E-state index is 13.5. The van der Waals surface area contributed by atoms with Crippen molar-refractivity contribution >= 4 is 17.5 Å². The summed E-state index contributed by atoms with van der Waals surface area (Å²) in [6.45, 7) is 0. The highest BCUT2D eigenvalue weighted by molar-refractivity contribution is 5.59. The quantitative estimate of drug-likeness (QED) is 0.837. The van der Waals surface area contributed by atoms with Crippen LogP contribution in [0.3, 0.4) is 0 Å². The number of nitrogen functional groups attached to an aromatic ring is 1. The summed E-state index contributed by atoms with van der Waals surface area (Å²) in [5.74, 6) is -0.279. The van der Waals surface area contributed by atoms with E-state index in [1.165, 1.54) is 0 Å². The molecule has 5 heteroatoms. The molecule has 0 aliphatic carbocycles. The van der Waals surface area contributed by atoms with Crippen LogP contribution in [0.25, 0.3) is 0 Å². The number of hydrogen-bond donors (Lipinski definition) is 1. The van der Waals surface area contributed by atoms with Crippen molar-refractivity contribution in [2.75, 3.05) is 17.7 Å². The van der Waals surface area contributed by atoms with Gasteiger partial charge in [0, 0.05) is 12.7 Å². The summed E-state index contributed by atoms with van der Waals surface area (Å²) in [5, 5.41) is 0. The Morgan fingerprint density at radius 2 is 1.94 bits per heavy atom. The lowest BCUT2D eigenvalue weighted by Crippen LogP contribution is -2.14. The summed E-state index contributed by atoms with van der Waals surface area (Å²) in [4.78, 5) is 9.07. The first-order valence-corrected chi connectivity index (χ1v) is 4.75. The van der Waals surface area contributed by atoms with Gasteiger partial charge in [0.2, 0.25) is 5.95 Å². The van der Waals surface area contributed by atoms with Gasteiger partial charge in [0.05, 0.1) is 6.20 Å². The molecule has 2 aromatic rings. The maximum atomic E-state index is 13.5. The van der Waals surface area contributed by atoms with Crippen LogP contribution in [0.15, 0.2) is 36.5 Å². The zero-order chi connectivity index (χ0) is 11.5. The van der Waals surface area contributed by atoms with E-state index in [-0.39, 0.29) is 11.8 Å². The van der Waals surface area contributed by atoms with E-state index >= 15 is 0 Å². The predicted molar refractivity (Wildman–Crippen MR) is 60.9 cm³/mol. The molecule has 0 bridgehead atoms. The van der Waals surface area contributed by atoms with Gasteiger partial charge in [-0.2, -0.15) is 4.98 Å². The molecule has 4 nitrogen and oxygen atoms in total. The summed E-state index contributed by atoms with van der Waals surface area (Å²) in [5.41, 5.74) is 6.26. The van der Waals surface area contributed by atoms with Crippen molar-refractivity contribution < 1.29 is 4.39 Å². The first-order chi connectivity index (χ1) is 7.68. The minimum atomic E-state index is -0.499. The van der Waals surface area contributed by atoms with Crippen LogP contribution >= 0.6 is 0 Å². The van der Waals surface area contributed by atoms with Crippen molar-refractivity contribution in [2.24, 2.45) is 0 Å². The molecule has 0 spiro atoms. The van der Waals surface area contributed by atoms with Crippen LogP contribution in [-0.4, -0.2) is 17.0 Å². The van der Waals surface area contributed by atoms with Crippen LogP contribution in [-0.2, 0) is 0 Å². The van der Waals surface area contributed by atoms with Crippen molar-refractivity contribution in [2.45, 2.75) is 0 Å². The summed E-state index contributed by atoms with van der Waals surface area (Å²) >= 11 is 0. The Morgan fingerprint density at radius 1 is 1.25 bits per heavy atom. The van der Waals surface area contributed by atoms with Gasteiger partial charge in [-0.3, -0.25) is 0 Å². The molecule has 0 amide bonds. The van der Waals surface area contributed by atoms with E-state index in [0.717, 1.165) is 11.9 Å². The van der Waals surface area contributed by atoms with Crippen LogP contribution in [0.1, 0.15) is 0 Å². The fourth-order valence-electron chi connectivity index (χ4n) is 1.38. The van der Waals surface area contributed by atoms with Crippen molar-refractivity contribution in [1.82, 2.24) is 9.97 Å². The number of anilines is 3. The topological polar surface area (TPSA) is 55.0 Å². The van der Waals surface area contributed by atoms with E-state index in [1.807, 2.05) is 30.3 Å². The molecule has 1 aromatic heterocycles. The average molecular weight is 218 g/mol. The zero-order valence-corrected chi connectivity index (χ0v) is 8.76. The number of aromatic nitrogens is 2. The van der Waals surface area contributed by atoms with E-state index in [1.54, 1.807) is 11.9 Å². The molecule has 82 valence electrons. The Morgan fingerprint density at radius 3 is 2.62 bits per heavy atom. The Balaban J connectivity index is 2.41. The summed E-state index contributed by atoms with van der Waals surface area (Å²) in [6.07, 6.45) is 1.07. The van der Waals surface area contributed by atoms with Crippen LogP contribution < -0.4 is 10.6 Å². The van der Waals surface area contributed by atoms with E-state index in [9.17, 15) is 4.39 Å². The van der Waals surface area contributed by atoms with Crippen LogP contribution in [0.4, 0.5) is 21.8 Å². The third kappa shape index (κ3) is 1.93. The minimum Gasteiger partial charge on any atom is -0.368 e. The van der Waals surface area contributed by atoms with Gasteiger partial charge in [0.1, 0.15) is 0 Å². The predicted octanol–water partition coefficient (Wildman–Crippen LogP) is 1.97. The molecular weight excluding hydrogens is 207 g/mol. The molecular formula is C11H11FN4. The van der Waals surface area contributed by atoms with Crippen molar-refractivity contribution in [3.63, 3.8) is 0 Å². The molecule has 16 heavy (non-hydrogen) atoms. The maximum Gasteiger partial charge on any atom is 0.222 e. The van der Waals surface area contributed by atoms with Gasteiger partial charge in [-0.05, 0) is 12.1 Å². The van der Waals surface area contributed by atoms with E-state index in [0.29, 0.717) is 0 Å². The van der Waals surface area contributed by atoms with Gasteiger partial charge in [0.25, 0.3) is 0 Å². The largest absolute Gasteiger partial charge is 0.368 e. The second-order valence-electron chi connectivity index (χ2n) is 3.29. The number of hydrogen-bond acceptors (Lipinski definition) is 4. The van der Waals surface area contributed by atoms with Gasteiger partial charge in [-0.1, -0.05) is 18.2 Å². The summed E-state index contributed by atoms with van der Waals surface area (Å²) < 4.78 is 13.5. The van der Waals surface area contributed by atoms with Gasteiger partial charge in [0.15, 0.2) is 11.6 Å². The SMILES string of the molecule is CN(c1ccccc1)c1nc(N)ncc1F. The number of para-hydroxylation sites is 1. The average Bonchev–Trinajstić information content (AvgIpc) is 2.32. The number of benzene rings is 1. The molecule has 0 aliphatic heterocycles. The van der Waals surface area contributed by atoms with Crippen LogP contribution in [0, 0.1) is 5.82 Å². The fourth-order valence-corrected chi connectivity index (χ4v) is 1.38. The van der Waals surface area contributed by atoms with Crippen LogP contribution in [0.5, 0.6) is 0 Å². The molecule has 0 atom stereocenters. The monoisotopic (exact) mass is 218 g/mol. The fraction of sp³-hybridized carbons (Fsp3) is 0.0909. The van der Waals surface area contributed by atoms with Crippen molar-refractivity contribution in [1.29, 1.82) is 0 Å². The van der Waals surface area contributed by atoms with Gasteiger partial charge >= 0.3 is 0 Å².